The predicted octanol–water partition coefficient (Wildman–Crippen LogP) is 4.00. The first-order chi connectivity index (χ1) is 16.5. The van der Waals surface area contributed by atoms with Crippen LogP contribution in [0.4, 0.5) is 23.3 Å². The molecule has 2 aromatic carbocycles. The van der Waals surface area contributed by atoms with Gasteiger partial charge in [0.25, 0.3) is 5.91 Å². The molecule has 0 aliphatic heterocycles. The number of hydrogen-bond acceptors (Lipinski definition) is 8. The maximum Gasteiger partial charge on any atom is 0.255 e. The number of anilines is 4. The number of hydrogen-bond donors (Lipinski definition) is 4. The van der Waals surface area contributed by atoms with E-state index in [1.807, 2.05) is 62.4 Å². The monoisotopic (exact) mass is 454 g/mol. The molecule has 0 bridgehead atoms. The maximum absolute atomic E-state index is 12.3. The summed E-state index contributed by atoms with van der Waals surface area (Å²) in [7, 11) is 0. The maximum atomic E-state index is 12.3. The van der Waals surface area contributed by atoms with Gasteiger partial charge in [0.15, 0.2) is 0 Å². The third-order valence-corrected chi connectivity index (χ3v) is 5.27. The zero-order chi connectivity index (χ0) is 23.9. The SMILES string of the molecule is Cc1ccccc1Nc1nc(N)nc(CNC(C)c2ccc(NC(=O)c3ccncc3)cc2)n1. The van der Waals surface area contributed by atoms with E-state index in [1.165, 1.54) is 0 Å². The van der Waals surface area contributed by atoms with Crippen LogP contribution in [0.2, 0.25) is 0 Å². The van der Waals surface area contributed by atoms with Crippen molar-refractivity contribution in [3.8, 4) is 0 Å². The van der Waals surface area contributed by atoms with Crippen LogP contribution in [0.5, 0.6) is 0 Å². The number of rotatable bonds is 8. The number of nitrogens with one attached hydrogen (secondary N) is 3. The van der Waals surface area contributed by atoms with Crippen molar-refractivity contribution in [2.75, 3.05) is 16.4 Å². The molecule has 1 amide bonds. The standard InChI is InChI=1S/C25H26N8O/c1-16-5-3-4-6-21(16)30-25-32-22(31-24(26)33-25)15-28-17(2)18-7-9-20(10-8-18)29-23(34)19-11-13-27-14-12-19/h3-14,17,28H,15H2,1-2H3,(H,29,34)(H3,26,30,31,32,33). The summed E-state index contributed by atoms with van der Waals surface area (Å²) in [5.74, 6) is 0.922. The minimum absolute atomic E-state index is 0.0238. The Bertz CT molecular complexity index is 1260. The fraction of sp³-hybridized carbons (Fsp3) is 0.160. The number of aromatic nitrogens is 4. The van der Waals surface area contributed by atoms with Crippen LogP contribution in [0.3, 0.4) is 0 Å². The average Bonchev–Trinajstić information content (AvgIpc) is 2.85. The first-order valence-electron chi connectivity index (χ1n) is 10.9. The second-order valence-corrected chi connectivity index (χ2v) is 7.79. The molecule has 34 heavy (non-hydrogen) atoms. The molecule has 0 saturated heterocycles. The molecule has 0 spiro atoms. The van der Waals surface area contributed by atoms with E-state index in [1.54, 1.807) is 24.5 Å². The zero-order valence-corrected chi connectivity index (χ0v) is 19.0. The van der Waals surface area contributed by atoms with Gasteiger partial charge in [-0.05, 0) is 55.3 Å². The van der Waals surface area contributed by atoms with Gasteiger partial charge in [-0.1, -0.05) is 30.3 Å². The summed E-state index contributed by atoms with van der Waals surface area (Å²) in [5.41, 5.74) is 10.2. The topological polar surface area (TPSA) is 131 Å². The second-order valence-electron chi connectivity index (χ2n) is 7.79. The van der Waals surface area contributed by atoms with E-state index in [0.717, 1.165) is 22.5 Å². The van der Waals surface area contributed by atoms with Crippen LogP contribution >= 0.6 is 0 Å². The largest absolute Gasteiger partial charge is 0.368 e. The Morgan fingerprint density at radius 1 is 0.971 bits per heavy atom. The van der Waals surface area contributed by atoms with Crippen LogP contribution in [0, 0.1) is 6.92 Å². The van der Waals surface area contributed by atoms with Gasteiger partial charge in [0.05, 0.1) is 6.54 Å². The quantitative estimate of drug-likeness (QED) is 0.314. The Balaban J connectivity index is 1.36. The fourth-order valence-electron chi connectivity index (χ4n) is 3.33. The molecule has 0 fully saturated rings. The summed E-state index contributed by atoms with van der Waals surface area (Å²) in [6.45, 7) is 4.46. The van der Waals surface area contributed by atoms with Gasteiger partial charge in [-0.15, -0.1) is 0 Å². The van der Waals surface area contributed by atoms with E-state index in [-0.39, 0.29) is 17.9 Å². The second kappa shape index (κ2) is 10.5. The molecule has 1 atom stereocenters. The van der Waals surface area contributed by atoms with Gasteiger partial charge in [0.1, 0.15) is 5.82 Å². The predicted molar refractivity (Wildman–Crippen MR) is 133 cm³/mol. The summed E-state index contributed by atoms with van der Waals surface area (Å²) in [6, 6.07) is 18.9. The van der Waals surface area contributed by atoms with Crippen LogP contribution < -0.4 is 21.7 Å². The molecule has 0 aliphatic carbocycles. The van der Waals surface area contributed by atoms with Crippen LogP contribution in [-0.4, -0.2) is 25.8 Å². The number of amides is 1. The Hall–Kier alpha value is -4.37. The summed E-state index contributed by atoms with van der Waals surface area (Å²) in [6.07, 6.45) is 3.18. The zero-order valence-electron chi connectivity index (χ0n) is 19.0. The molecule has 4 aromatic rings. The Morgan fingerprint density at radius 2 is 1.71 bits per heavy atom. The third kappa shape index (κ3) is 5.90. The van der Waals surface area contributed by atoms with Gasteiger partial charge >= 0.3 is 0 Å². The minimum atomic E-state index is -0.177. The van der Waals surface area contributed by atoms with Crippen molar-refractivity contribution >= 4 is 29.2 Å². The smallest absolute Gasteiger partial charge is 0.255 e. The number of carbonyl (C=O) groups excluding carboxylic acids is 1. The Morgan fingerprint density at radius 3 is 2.44 bits per heavy atom. The highest BCUT2D eigenvalue weighted by Gasteiger charge is 2.10. The molecule has 2 aromatic heterocycles. The fourth-order valence-corrected chi connectivity index (χ4v) is 3.33. The number of nitrogen functional groups attached to an aromatic ring is 1. The molecule has 172 valence electrons. The van der Waals surface area contributed by atoms with Crippen molar-refractivity contribution in [3.05, 3.63) is 95.6 Å². The number of aryl methyl sites for hydroxylation is 1. The van der Waals surface area contributed by atoms with E-state index in [4.69, 9.17) is 5.73 Å². The van der Waals surface area contributed by atoms with Gasteiger partial charge in [-0.2, -0.15) is 15.0 Å². The molecule has 0 saturated carbocycles. The lowest BCUT2D eigenvalue weighted by Crippen LogP contribution is -2.21. The van der Waals surface area contributed by atoms with Crippen molar-refractivity contribution in [3.63, 3.8) is 0 Å². The molecule has 2 heterocycles. The number of benzene rings is 2. The molecule has 5 N–H and O–H groups in total. The van der Waals surface area contributed by atoms with Crippen molar-refractivity contribution in [1.29, 1.82) is 0 Å². The number of carbonyl (C=O) groups is 1. The molecular formula is C25H26N8O. The van der Waals surface area contributed by atoms with Crippen LogP contribution in [-0.2, 0) is 6.54 Å². The average molecular weight is 455 g/mol. The molecule has 9 nitrogen and oxygen atoms in total. The van der Waals surface area contributed by atoms with Gasteiger partial charge in [-0.25, -0.2) is 0 Å². The van der Waals surface area contributed by atoms with Crippen molar-refractivity contribution in [2.45, 2.75) is 26.4 Å². The van der Waals surface area contributed by atoms with Gasteiger partial charge in [0, 0.05) is 35.4 Å². The third-order valence-electron chi connectivity index (χ3n) is 5.27. The molecular weight excluding hydrogens is 428 g/mol. The highest BCUT2D eigenvalue weighted by Crippen LogP contribution is 2.19. The Kier molecular flexibility index (Phi) is 7.04. The first kappa shape index (κ1) is 22.8. The highest BCUT2D eigenvalue weighted by atomic mass is 16.1. The summed E-state index contributed by atoms with van der Waals surface area (Å²) in [5, 5.41) is 9.48. The molecule has 1 unspecified atom stereocenters. The lowest BCUT2D eigenvalue weighted by atomic mass is 10.1. The van der Waals surface area contributed by atoms with Gasteiger partial charge in [-0.3, -0.25) is 9.78 Å². The van der Waals surface area contributed by atoms with Gasteiger partial charge in [0.2, 0.25) is 11.9 Å². The van der Waals surface area contributed by atoms with E-state index in [2.05, 4.69) is 35.9 Å². The highest BCUT2D eigenvalue weighted by molar-refractivity contribution is 6.04. The van der Waals surface area contributed by atoms with Crippen molar-refractivity contribution < 1.29 is 4.79 Å². The van der Waals surface area contributed by atoms with Crippen LogP contribution in [0.25, 0.3) is 0 Å². The molecule has 0 radical (unpaired) electrons. The molecule has 4 rings (SSSR count). The van der Waals surface area contributed by atoms with Crippen LogP contribution in [0.15, 0.2) is 73.1 Å². The normalized spacial score (nSPS) is 11.6. The lowest BCUT2D eigenvalue weighted by Gasteiger charge is -2.15. The summed E-state index contributed by atoms with van der Waals surface area (Å²) < 4.78 is 0. The molecule has 0 aliphatic rings. The van der Waals surface area contributed by atoms with Crippen molar-refractivity contribution in [1.82, 2.24) is 25.3 Å². The van der Waals surface area contributed by atoms with Crippen molar-refractivity contribution in [2.24, 2.45) is 0 Å². The summed E-state index contributed by atoms with van der Waals surface area (Å²) >= 11 is 0. The van der Waals surface area contributed by atoms with Crippen LogP contribution in [0.1, 0.15) is 40.3 Å². The van der Waals surface area contributed by atoms with E-state index in [0.29, 0.717) is 23.9 Å². The van der Waals surface area contributed by atoms with E-state index < -0.39 is 0 Å². The number of pyridine rings is 1. The number of para-hydroxylation sites is 1. The number of nitrogens with two attached hydrogens (primary N) is 1. The van der Waals surface area contributed by atoms with E-state index >= 15 is 0 Å². The Labute approximate surface area is 197 Å². The molecule has 9 heteroatoms. The van der Waals surface area contributed by atoms with E-state index in [9.17, 15) is 4.79 Å². The van der Waals surface area contributed by atoms with Gasteiger partial charge < -0.3 is 21.7 Å². The summed E-state index contributed by atoms with van der Waals surface area (Å²) in [4.78, 5) is 29.1. The lowest BCUT2D eigenvalue weighted by molar-refractivity contribution is 0.102. The number of nitrogens with zero attached hydrogens (tertiary/aromatic N) is 4. The minimum Gasteiger partial charge on any atom is -0.368 e. The first-order valence-corrected chi connectivity index (χ1v) is 10.9.